The molecule has 3 nitrogen and oxygen atoms in total. The normalized spacial score (nSPS) is 10.2. The summed E-state index contributed by atoms with van der Waals surface area (Å²) in [5, 5.41) is 0.656. The average molecular weight is 291 g/mol. The Bertz CT molecular complexity index is 606. The van der Waals surface area contributed by atoms with E-state index in [0.29, 0.717) is 28.5 Å². The molecule has 0 N–H and O–H groups in total. The van der Waals surface area contributed by atoms with Crippen molar-refractivity contribution in [2.75, 3.05) is 14.2 Å². The van der Waals surface area contributed by atoms with Gasteiger partial charge in [0, 0.05) is 17.5 Å². The van der Waals surface area contributed by atoms with Crippen LogP contribution in [0.1, 0.15) is 15.9 Å². The molecule has 0 amide bonds. The molecule has 104 valence electrons. The summed E-state index contributed by atoms with van der Waals surface area (Å²) in [6.07, 6.45) is 0.305. The molecular formula is C16H15ClO3. The third-order valence-electron chi connectivity index (χ3n) is 2.99. The quantitative estimate of drug-likeness (QED) is 0.786. The summed E-state index contributed by atoms with van der Waals surface area (Å²) in [5.74, 6) is 1.17. The summed E-state index contributed by atoms with van der Waals surface area (Å²) in [4.78, 5) is 12.3. The molecule has 0 radical (unpaired) electrons. The molecule has 0 aliphatic carbocycles. The van der Waals surface area contributed by atoms with Gasteiger partial charge in [0.25, 0.3) is 0 Å². The molecule has 0 fully saturated rings. The number of benzene rings is 2. The molecule has 2 aromatic rings. The number of halogens is 1. The van der Waals surface area contributed by atoms with Crippen LogP contribution in [-0.2, 0) is 6.42 Å². The highest BCUT2D eigenvalue weighted by molar-refractivity contribution is 6.30. The van der Waals surface area contributed by atoms with Crippen LogP contribution in [0.5, 0.6) is 11.5 Å². The molecular weight excluding hydrogens is 276 g/mol. The molecule has 0 unspecified atom stereocenters. The smallest absolute Gasteiger partial charge is 0.170 e. The molecule has 0 atom stereocenters. The second-order valence-corrected chi connectivity index (χ2v) is 4.73. The highest BCUT2D eigenvalue weighted by Gasteiger charge is 2.13. The van der Waals surface area contributed by atoms with E-state index in [1.54, 1.807) is 37.4 Å². The Hall–Kier alpha value is -2.00. The number of Topliss-reactive ketones (excluding diaryl/α,β-unsaturated/α-hetero) is 1. The molecule has 0 aliphatic rings. The van der Waals surface area contributed by atoms with Crippen molar-refractivity contribution >= 4 is 17.4 Å². The van der Waals surface area contributed by atoms with Gasteiger partial charge in [-0.2, -0.15) is 0 Å². The second kappa shape index (κ2) is 6.44. The van der Waals surface area contributed by atoms with Crippen molar-refractivity contribution < 1.29 is 14.3 Å². The van der Waals surface area contributed by atoms with Gasteiger partial charge < -0.3 is 9.47 Å². The Morgan fingerprint density at radius 3 is 2.35 bits per heavy atom. The lowest BCUT2D eigenvalue weighted by Gasteiger charge is -2.09. The second-order valence-electron chi connectivity index (χ2n) is 4.29. The van der Waals surface area contributed by atoms with E-state index in [9.17, 15) is 4.79 Å². The summed E-state index contributed by atoms with van der Waals surface area (Å²) in [7, 11) is 3.11. The number of hydrogen-bond donors (Lipinski definition) is 0. The predicted octanol–water partition coefficient (Wildman–Crippen LogP) is 3.78. The van der Waals surface area contributed by atoms with Crippen molar-refractivity contribution in [3.63, 3.8) is 0 Å². The zero-order valence-corrected chi connectivity index (χ0v) is 12.1. The average Bonchev–Trinajstić information content (AvgIpc) is 2.48. The van der Waals surface area contributed by atoms with Crippen molar-refractivity contribution in [2.24, 2.45) is 0 Å². The third-order valence-corrected chi connectivity index (χ3v) is 3.24. The van der Waals surface area contributed by atoms with Crippen LogP contribution in [0, 0.1) is 0 Å². The van der Waals surface area contributed by atoms with E-state index >= 15 is 0 Å². The first kappa shape index (κ1) is 14.4. The van der Waals surface area contributed by atoms with E-state index in [4.69, 9.17) is 21.1 Å². The van der Waals surface area contributed by atoms with Gasteiger partial charge >= 0.3 is 0 Å². The molecule has 20 heavy (non-hydrogen) atoms. The maximum absolute atomic E-state index is 12.3. The van der Waals surface area contributed by atoms with Crippen LogP contribution in [-0.4, -0.2) is 20.0 Å². The molecule has 0 spiro atoms. The number of ether oxygens (including phenoxy) is 2. The summed E-state index contributed by atoms with van der Waals surface area (Å²) in [6.45, 7) is 0. The summed E-state index contributed by atoms with van der Waals surface area (Å²) in [6, 6.07) is 12.4. The minimum atomic E-state index is -0.00757. The number of methoxy groups -OCH3 is 2. The van der Waals surface area contributed by atoms with Crippen LogP contribution >= 0.6 is 11.6 Å². The Kier molecular flexibility index (Phi) is 4.64. The van der Waals surface area contributed by atoms with E-state index in [2.05, 4.69) is 0 Å². The number of hydrogen-bond acceptors (Lipinski definition) is 3. The highest BCUT2D eigenvalue weighted by Crippen LogP contribution is 2.26. The largest absolute Gasteiger partial charge is 0.497 e. The molecule has 2 aromatic carbocycles. The van der Waals surface area contributed by atoms with Crippen molar-refractivity contribution in [1.29, 1.82) is 0 Å². The van der Waals surface area contributed by atoms with E-state index in [1.807, 2.05) is 12.1 Å². The lowest BCUT2D eigenvalue weighted by Crippen LogP contribution is -2.06. The zero-order chi connectivity index (χ0) is 14.5. The van der Waals surface area contributed by atoms with E-state index < -0.39 is 0 Å². The third kappa shape index (κ3) is 3.31. The Balaban J connectivity index is 2.22. The lowest BCUT2D eigenvalue weighted by atomic mass is 10.0. The van der Waals surface area contributed by atoms with Gasteiger partial charge in [-0.25, -0.2) is 0 Å². The SMILES string of the molecule is COc1ccc(C(=O)Cc2ccc(Cl)cc2)c(OC)c1. The van der Waals surface area contributed by atoms with E-state index in [-0.39, 0.29) is 5.78 Å². The van der Waals surface area contributed by atoms with Crippen LogP contribution in [0.25, 0.3) is 0 Å². The fourth-order valence-corrected chi connectivity index (χ4v) is 2.04. The van der Waals surface area contributed by atoms with Gasteiger partial charge in [0.05, 0.1) is 19.8 Å². The molecule has 0 aromatic heterocycles. The maximum Gasteiger partial charge on any atom is 0.170 e. The van der Waals surface area contributed by atoms with E-state index in [0.717, 1.165) is 5.56 Å². The number of carbonyl (C=O) groups excluding carboxylic acids is 1. The number of carbonyl (C=O) groups is 1. The monoisotopic (exact) mass is 290 g/mol. The van der Waals surface area contributed by atoms with Gasteiger partial charge in [-0.05, 0) is 29.8 Å². The molecule has 2 rings (SSSR count). The highest BCUT2D eigenvalue weighted by atomic mass is 35.5. The minimum absolute atomic E-state index is 0.00757. The fourth-order valence-electron chi connectivity index (χ4n) is 1.91. The van der Waals surface area contributed by atoms with Crippen molar-refractivity contribution in [3.8, 4) is 11.5 Å². The van der Waals surface area contributed by atoms with E-state index in [1.165, 1.54) is 7.11 Å². The van der Waals surface area contributed by atoms with Gasteiger partial charge in [-0.15, -0.1) is 0 Å². The molecule has 0 aliphatic heterocycles. The molecule has 0 saturated heterocycles. The fraction of sp³-hybridized carbons (Fsp3) is 0.188. The summed E-state index contributed by atoms with van der Waals surface area (Å²) < 4.78 is 10.4. The topological polar surface area (TPSA) is 35.5 Å². The van der Waals surface area contributed by atoms with Gasteiger partial charge in [0.1, 0.15) is 11.5 Å². The number of ketones is 1. The van der Waals surface area contributed by atoms with Gasteiger partial charge in [0.15, 0.2) is 5.78 Å². The maximum atomic E-state index is 12.3. The first-order valence-electron chi connectivity index (χ1n) is 6.13. The molecule has 0 heterocycles. The molecule has 0 bridgehead atoms. The first-order chi connectivity index (χ1) is 9.63. The first-order valence-corrected chi connectivity index (χ1v) is 6.51. The van der Waals surface area contributed by atoms with Crippen molar-refractivity contribution in [2.45, 2.75) is 6.42 Å². The molecule has 4 heteroatoms. The van der Waals surface area contributed by atoms with Crippen LogP contribution in [0.2, 0.25) is 5.02 Å². The number of rotatable bonds is 5. The lowest BCUT2D eigenvalue weighted by molar-refractivity contribution is 0.0990. The predicted molar refractivity (Wildman–Crippen MR) is 79.0 cm³/mol. The molecule has 0 saturated carbocycles. The zero-order valence-electron chi connectivity index (χ0n) is 11.4. The Morgan fingerprint density at radius 2 is 1.75 bits per heavy atom. The van der Waals surface area contributed by atoms with Crippen molar-refractivity contribution in [3.05, 3.63) is 58.6 Å². The Morgan fingerprint density at radius 1 is 1.05 bits per heavy atom. The standard InChI is InChI=1S/C16H15ClO3/c1-19-13-7-8-14(16(10-13)20-2)15(18)9-11-3-5-12(17)6-4-11/h3-8,10H,9H2,1-2H3. The van der Waals surface area contributed by atoms with Crippen molar-refractivity contribution in [1.82, 2.24) is 0 Å². The van der Waals surface area contributed by atoms with Crippen LogP contribution < -0.4 is 9.47 Å². The Labute approximate surface area is 123 Å². The van der Waals surface area contributed by atoms with Crippen LogP contribution in [0.15, 0.2) is 42.5 Å². The van der Waals surface area contributed by atoms with Crippen LogP contribution in [0.3, 0.4) is 0 Å². The summed E-state index contributed by atoms with van der Waals surface area (Å²) in [5.41, 5.74) is 1.46. The van der Waals surface area contributed by atoms with Crippen LogP contribution in [0.4, 0.5) is 0 Å². The van der Waals surface area contributed by atoms with Gasteiger partial charge in [-0.3, -0.25) is 4.79 Å². The van der Waals surface area contributed by atoms with Gasteiger partial charge in [0.2, 0.25) is 0 Å². The minimum Gasteiger partial charge on any atom is -0.497 e. The summed E-state index contributed by atoms with van der Waals surface area (Å²) >= 11 is 5.83. The van der Waals surface area contributed by atoms with Gasteiger partial charge in [-0.1, -0.05) is 23.7 Å².